The number of nitrogens with zero attached hydrogens (tertiary/aromatic N) is 3. The van der Waals surface area contributed by atoms with E-state index >= 15 is 0 Å². The number of aromatic nitrogens is 2. The molecule has 0 atom stereocenters. The second-order valence-electron chi connectivity index (χ2n) is 5.44. The van der Waals surface area contributed by atoms with Crippen molar-refractivity contribution in [2.45, 2.75) is 0 Å². The largest absolute Gasteiger partial charge is 0.508 e. The van der Waals surface area contributed by atoms with Crippen molar-refractivity contribution in [3.63, 3.8) is 0 Å². The first-order chi connectivity index (χ1) is 11.8. The lowest BCUT2D eigenvalue weighted by Gasteiger charge is -2.12. The molecular weight excluding hydrogens is 302 g/mol. The highest BCUT2D eigenvalue weighted by atomic mass is 16.4. The summed E-state index contributed by atoms with van der Waals surface area (Å²) in [6, 6.07) is 18.9. The lowest BCUT2D eigenvalue weighted by Crippen LogP contribution is -2.04. The van der Waals surface area contributed by atoms with Crippen LogP contribution in [0.25, 0.3) is 22.4 Å². The van der Waals surface area contributed by atoms with E-state index < -0.39 is 0 Å². The third kappa shape index (κ3) is 2.14. The van der Waals surface area contributed by atoms with Crippen LogP contribution in [0.1, 0.15) is 5.56 Å². The molecule has 0 spiro atoms. The average molecular weight is 317 g/mol. The molecule has 0 saturated carbocycles. The second kappa shape index (κ2) is 5.62. The molecule has 4 rings (SSSR count). The van der Waals surface area contributed by atoms with Gasteiger partial charge in [0, 0.05) is 29.0 Å². The van der Waals surface area contributed by atoms with Gasteiger partial charge in [0.25, 0.3) is 0 Å². The Kier molecular flexibility index (Phi) is 3.31. The van der Waals surface area contributed by atoms with Crippen molar-refractivity contribution < 1.29 is 10.3 Å². The van der Waals surface area contributed by atoms with Crippen LogP contribution >= 0.6 is 0 Å². The standard InChI is InChI=1S/C19H15N3O2/c23-15-9-7-14(8-10-15)22-18-6-2-1-5-16(18)17(13-20-24)19(22)21-11-3-4-12-21/h1-13,23-24H. The van der Waals surface area contributed by atoms with Gasteiger partial charge in [-0.05, 0) is 42.5 Å². The van der Waals surface area contributed by atoms with Gasteiger partial charge in [0.15, 0.2) is 0 Å². The Morgan fingerprint density at radius 3 is 2.29 bits per heavy atom. The van der Waals surface area contributed by atoms with Crippen molar-refractivity contribution in [3.8, 4) is 17.3 Å². The Morgan fingerprint density at radius 2 is 1.58 bits per heavy atom. The van der Waals surface area contributed by atoms with Crippen molar-refractivity contribution in [2.24, 2.45) is 5.16 Å². The van der Waals surface area contributed by atoms with Crippen molar-refractivity contribution >= 4 is 17.1 Å². The summed E-state index contributed by atoms with van der Waals surface area (Å²) in [5.74, 6) is 1.08. The Morgan fingerprint density at radius 1 is 0.875 bits per heavy atom. The molecule has 2 N–H and O–H groups in total. The van der Waals surface area contributed by atoms with Gasteiger partial charge in [-0.3, -0.25) is 4.57 Å². The number of benzene rings is 2. The predicted octanol–water partition coefficient (Wildman–Crippen LogP) is 3.93. The zero-order valence-electron chi connectivity index (χ0n) is 12.7. The molecule has 24 heavy (non-hydrogen) atoms. The maximum absolute atomic E-state index is 9.59. The summed E-state index contributed by atoms with van der Waals surface area (Å²) in [6.45, 7) is 0. The number of fused-ring (bicyclic) bond motifs is 1. The molecule has 5 nitrogen and oxygen atoms in total. The van der Waals surface area contributed by atoms with Gasteiger partial charge in [0.1, 0.15) is 11.6 Å². The van der Waals surface area contributed by atoms with Crippen LogP contribution in [-0.2, 0) is 0 Å². The smallest absolute Gasteiger partial charge is 0.131 e. The maximum atomic E-state index is 9.59. The van der Waals surface area contributed by atoms with E-state index in [0.717, 1.165) is 28.0 Å². The molecule has 2 heterocycles. The quantitative estimate of drug-likeness (QED) is 0.341. The SMILES string of the molecule is ON=Cc1c(-n2cccc2)n(-c2ccc(O)cc2)c2ccccc12. The zero-order chi connectivity index (χ0) is 16.5. The number of para-hydroxylation sites is 1. The first-order valence-corrected chi connectivity index (χ1v) is 7.53. The summed E-state index contributed by atoms with van der Waals surface area (Å²) in [5.41, 5.74) is 2.71. The van der Waals surface area contributed by atoms with Gasteiger partial charge in [0.05, 0.1) is 11.7 Å². The number of hydrogen-bond acceptors (Lipinski definition) is 3. The van der Waals surface area contributed by atoms with E-state index in [9.17, 15) is 5.11 Å². The summed E-state index contributed by atoms with van der Waals surface area (Å²) < 4.78 is 4.05. The normalized spacial score (nSPS) is 11.5. The molecule has 118 valence electrons. The topological polar surface area (TPSA) is 62.7 Å². The summed E-state index contributed by atoms with van der Waals surface area (Å²) in [4.78, 5) is 0. The summed E-state index contributed by atoms with van der Waals surface area (Å²) in [6.07, 6.45) is 5.34. The molecule has 2 aromatic carbocycles. The summed E-state index contributed by atoms with van der Waals surface area (Å²) in [7, 11) is 0. The molecule has 5 heteroatoms. The van der Waals surface area contributed by atoms with Gasteiger partial charge in [0.2, 0.25) is 0 Å². The number of phenols is 1. The van der Waals surface area contributed by atoms with Gasteiger partial charge in [-0.25, -0.2) is 0 Å². The Hall–Kier alpha value is -3.47. The fraction of sp³-hybridized carbons (Fsp3) is 0. The minimum atomic E-state index is 0.217. The molecule has 0 amide bonds. The van der Waals surface area contributed by atoms with E-state index in [1.807, 2.05) is 65.5 Å². The third-order valence-corrected chi connectivity index (χ3v) is 4.03. The van der Waals surface area contributed by atoms with Crippen molar-refractivity contribution in [1.82, 2.24) is 9.13 Å². The van der Waals surface area contributed by atoms with E-state index in [1.165, 1.54) is 6.21 Å². The first-order valence-electron chi connectivity index (χ1n) is 7.53. The molecule has 0 radical (unpaired) electrons. The van der Waals surface area contributed by atoms with E-state index in [1.54, 1.807) is 12.1 Å². The van der Waals surface area contributed by atoms with E-state index in [2.05, 4.69) is 9.72 Å². The lowest BCUT2D eigenvalue weighted by atomic mass is 10.2. The minimum absolute atomic E-state index is 0.217. The fourth-order valence-electron chi connectivity index (χ4n) is 3.03. The van der Waals surface area contributed by atoms with Crippen LogP contribution in [0.5, 0.6) is 5.75 Å². The van der Waals surface area contributed by atoms with Gasteiger partial charge in [-0.1, -0.05) is 23.4 Å². The van der Waals surface area contributed by atoms with Gasteiger partial charge in [-0.2, -0.15) is 0 Å². The first kappa shape index (κ1) is 14.1. The van der Waals surface area contributed by atoms with Crippen LogP contribution in [0.2, 0.25) is 0 Å². The second-order valence-corrected chi connectivity index (χ2v) is 5.44. The van der Waals surface area contributed by atoms with E-state index in [-0.39, 0.29) is 5.75 Å². The molecule has 2 aromatic heterocycles. The van der Waals surface area contributed by atoms with Gasteiger partial charge >= 0.3 is 0 Å². The summed E-state index contributed by atoms with van der Waals surface area (Å²) >= 11 is 0. The number of aromatic hydroxyl groups is 1. The highest BCUT2D eigenvalue weighted by Crippen LogP contribution is 2.31. The average Bonchev–Trinajstić information content (AvgIpc) is 3.23. The van der Waals surface area contributed by atoms with Crippen LogP contribution in [-0.4, -0.2) is 25.7 Å². The number of rotatable bonds is 3. The number of phenolic OH excluding ortho intramolecular Hbond substituents is 1. The minimum Gasteiger partial charge on any atom is -0.508 e. The van der Waals surface area contributed by atoms with E-state index in [0.29, 0.717) is 0 Å². The van der Waals surface area contributed by atoms with Crippen LogP contribution < -0.4 is 0 Å². The number of oxime groups is 1. The Balaban J connectivity index is 2.14. The van der Waals surface area contributed by atoms with E-state index in [4.69, 9.17) is 5.21 Å². The van der Waals surface area contributed by atoms with Crippen LogP contribution in [0.3, 0.4) is 0 Å². The Labute approximate surface area is 138 Å². The zero-order valence-corrected chi connectivity index (χ0v) is 12.7. The van der Waals surface area contributed by atoms with Crippen molar-refractivity contribution in [3.05, 3.63) is 78.6 Å². The summed E-state index contributed by atoms with van der Waals surface area (Å²) in [5, 5.41) is 23.0. The fourth-order valence-corrected chi connectivity index (χ4v) is 3.03. The molecule has 0 saturated heterocycles. The maximum Gasteiger partial charge on any atom is 0.131 e. The monoisotopic (exact) mass is 317 g/mol. The Bertz CT molecular complexity index is 1010. The molecule has 0 aliphatic rings. The lowest BCUT2D eigenvalue weighted by molar-refractivity contribution is 0.322. The molecule has 0 unspecified atom stereocenters. The number of hydrogen-bond donors (Lipinski definition) is 2. The van der Waals surface area contributed by atoms with Crippen LogP contribution in [0.15, 0.2) is 78.2 Å². The highest BCUT2D eigenvalue weighted by molar-refractivity contribution is 6.04. The molecule has 0 aliphatic heterocycles. The molecule has 0 aliphatic carbocycles. The molecular formula is C19H15N3O2. The van der Waals surface area contributed by atoms with Crippen LogP contribution in [0, 0.1) is 0 Å². The van der Waals surface area contributed by atoms with Crippen molar-refractivity contribution in [2.75, 3.05) is 0 Å². The van der Waals surface area contributed by atoms with Gasteiger partial charge < -0.3 is 14.9 Å². The third-order valence-electron chi connectivity index (χ3n) is 4.03. The molecule has 0 fully saturated rings. The highest BCUT2D eigenvalue weighted by Gasteiger charge is 2.18. The van der Waals surface area contributed by atoms with Gasteiger partial charge in [-0.15, -0.1) is 0 Å². The van der Waals surface area contributed by atoms with Crippen molar-refractivity contribution in [1.29, 1.82) is 0 Å². The predicted molar refractivity (Wildman–Crippen MR) is 93.6 cm³/mol. The van der Waals surface area contributed by atoms with Crippen LogP contribution in [0.4, 0.5) is 0 Å². The molecule has 0 bridgehead atoms. The molecule has 4 aromatic rings.